The van der Waals surface area contributed by atoms with E-state index in [1.165, 1.54) is 36.1 Å². The Hall–Kier alpha value is -0.470. The first kappa shape index (κ1) is 14.9. The fourth-order valence-electron chi connectivity index (χ4n) is 2.47. The van der Waals surface area contributed by atoms with E-state index in [-0.39, 0.29) is 5.41 Å². The van der Waals surface area contributed by atoms with Crippen molar-refractivity contribution >= 4 is 11.8 Å². The second-order valence-electron chi connectivity index (χ2n) is 6.57. The minimum atomic E-state index is 0.255. The highest BCUT2D eigenvalue weighted by Gasteiger charge is 2.14. The van der Waals surface area contributed by atoms with Crippen LogP contribution in [-0.4, -0.2) is 17.5 Å². The molecule has 1 aliphatic heterocycles. The van der Waals surface area contributed by atoms with Crippen molar-refractivity contribution in [1.82, 2.24) is 5.32 Å². The summed E-state index contributed by atoms with van der Waals surface area (Å²) in [6.45, 7) is 8.95. The van der Waals surface area contributed by atoms with Gasteiger partial charge in [-0.1, -0.05) is 51.5 Å². The maximum absolute atomic E-state index is 3.61. The lowest BCUT2D eigenvalue weighted by molar-refractivity contribution is 0.587. The monoisotopic (exact) mass is 277 g/mol. The molecular formula is C17H27NS. The maximum atomic E-state index is 3.61. The van der Waals surface area contributed by atoms with Crippen LogP contribution in [-0.2, 0) is 12.0 Å². The quantitative estimate of drug-likeness (QED) is 0.877. The number of rotatable bonds is 4. The molecule has 0 saturated carbocycles. The highest BCUT2D eigenvalue weighted by atomic mass is 32.2. The lowest BCUT2D eigenvalue weighted by Crippen LogP contribution is -2.26. The van der Waals surface area contributed by atoms with Crippen LogP contribution in [0.2, 0.25) is 0 Å². The Bertz CT molecular complexity index is 371. The van der Waals surface area contributed by atoms with Crippen molar-refractivity contribution in [3.63, 3.8) is 0 Å². The standard InChI is InChI=1S/C17H27NS/c1-17(2,3)15-9-7-14(8-10-15)12-18-13-16-6-4-5-11-19-16/h7-10,16,18H,4-6,11-13H2,1-3H3. The second-order valence-corrected chi connectivity index (χ2v) is 7.97. The summed E-state index contributed by atoms with van der Waals surface area (Å²) >= 11 is 2.14. The first-order valence-corrected chi connectivity index (χ1v) is 8.52. The maximum Gasteiger partial charge on any atom is 0.0205 e. The normalized spacial score (nSPS) is 20.5. The van der Waals surface area contributed by atoms with Crippen LogP contribution in [0.15, 0.2) is 24.3 Å². The van der Waals surface area contributed by atoms with Crippen molar-refractivity contribution in [3.05, 3.63) is 35.4 Å². The summed E-state index contributed by atoms with van der Waals surface area (Å²) in [5, 5.41) is 4.44. The smallest absolute Gasteiger partial charge is 0.0205 e. The molecule has 1 aromatic carbocycles. The van der Waals surface area contributed by atoms with Crippen molar-refractivity contribution < 1.29 is 0 Å². The Balaban J connectivity index is 1.76. The summed E-state index contributed by atoms with van der Waals surface area (Å²) in [6.07, 6.45) is 4.22. The predicted molar refractivity (Wildman–Crippen MR) is 86.9 cm³/mol. The van der Waals surface area contributed by atoms with Gasteiger partial charge in [0.1, 0.15) is 0 Å². The Morgan fingerprint density at radius 3 is 2.47 bits per heavy atom. The molecule has 0 bridgehead atoms. The summed E-state index contributed by atoms with van der Waals surface area (Å²) in [7, 11) is 0. The van der Waals surface area contributed by atoms with Gasteiger partial charge in [-0.15, -0.1) is 0 Å². The predicted octanol–water partition coefficient (Wildman–Crippen LogP) is 4.36. The Morgan fingerprint density at radius 2 is 1.89 bits per heavy atom. The van der Waals surface area contributed by atoms with E-state index >= 15 is 0 Å². The third-order valence-electron chi connectivity index (χ3n) is 3.80. The van der Waals surface area contributed by atoms with Crippen LogP contribution in [0, 0.1) is 0 Å². The molecule has 0 spiro atoms. The molecule has 19 heavy (non-hydrogen) atoms. The Labute approximate surface area is 122 Å². The second kappa shape index (κ2) is 6.81. The molecule has 0 aliphatic carbocycles. The third kappa shape index (κ3) is 4.85. The van der Waals surface area contributed by atoms with E-state index in [1.54, 1.807) is 0 Å². The van der Waals surface area contributed by atoms with Crippen LogP contribution in [0.5, 0.6) is 0 Å². The van der Waals surface area contributed by atoms with Crippen molar-refractivity contribution in [2.45, 2.75) is 57.2 Å². The lowest BCUT2D eigenvalue weighted by atomic mass is 9.87. The number of hydrogen-bond acceptors (Lipinski definition) is 2. The van der Waals surface area contributed by atoms with Gasteiger partial charge in [-0.3, -0.25) is 0 Å². The zero-order valence-electron chi connectivity index (χ0n) is 12.5. The van der Waals surface area contributed by atoms with Crippen molar-refractivity contribution in [2.24, 2.45) is 0 Å². The minimum Gasteiger partial charge on any atom is -0.312 e. The Kier molecular flexibility index (Phi) is 5.35. The van der Waals surface area contributed by atoms with Gasteiger partial charge in [0.15, 0.2) is 0 Å². The van der Waals surface area contributed by atoms with Gasteiger partial charge < -0.3 is 5.32 Å². The van der Waals surface area contributed by atoms with Gasteiger partial charge in [0.25, 0.3) is 0 Å². The van der Waals surface area contributed by atoms with Gasteiger partial charge in [0, 0.05) is 18.3 Å². The summed E-state index contributed by atoms with van der Waals surface area (Å²) in [6, 6.07) is 9.07. The molecular weight excluding hydrogens is 250 g/mol. The van der Waals surface area contributed by atoms with E-state index in [0.717, 1.165) is 18.3 Å². The summed E-state index contributed by atoms with van der Waals surface area (Å²) in [5.41, 5.74) is 3.07. The first-order valence-electron chi connectivity index (χ1n) is 7.47. The van der Waals surface area contributed by atoms with Crippen LogP contribution in [0.25, 0.3) is 0 Å². The molecule has 1 fully saturated rings. The summed E-state index contributed by atoms with van der Waals surface area (Å²) in [5.74, 6) is 1.35. The summed E-state index contributed by atoms with van der Waals surface area (Å²) in [4.78, 5) is 0. The topological polar surface area (TPSA) is 12.0 Å². The molecule has 0 amide bonds. The van der Waals surface area contributed by atoms with Gasteiger partial charge in [-0.05, 0) is 35.1 Å². The van der Waals surface area contributed by atoms with E-state index in [4.69, 9.17) is 0 Å². The molecule has 2 heteroatoms. The molecule has 2 rings (SSSR count). The SMILES string of the molecule is CC(C)(C)c1ccc(CNCC2CCCCS2)cc1. The van der Waals surface area contributed by atoms with Crippen LogP contribution in [0.4, 0.5) is 0 Å². The third-order valence-corrected chi connectivity index (χ3v) is 5.19. The van der Waals surface area contributed by atoms with E-state index < -0.39 is 0 Å². The lowest BCUT2D eigenvalue weighted by Gasteiger charge is -2.22. The average Bonchev–Trinajstić information content (AvgIpc) is 2.39. The largest absolute Gasteiger partial charge is 0.312 e. The molecule has 1 heterocycles. The van der Waals surface area contributed by atoms with Crippen LogP contribution in [0.1, 0.15) is 51.2 Å². The minimum absolute atomic E-state index is 0.255. The number of nitrogens with one attached hydrogen (secondary N) is 1. The molecule has 1 N–H and O–H groups in total. The fraction of sp³-hybridized carbons (Fsp3) is 0.647. The molecule has 106 valence electrons. The highest BCUT2D eigenvalue weighted by molar-refractivity contribution is 7.99. The van der Waals surface area contributed by atoms with Crippen LogP contribution >= 0.6 is 11.8 Å². The van der Waals surface area contributed by atoms with E-state index in [1.807, 2.05) is 0 Å². The highest BCUT2D eigenvalue weighted by Crippen LogP contribution is 2.24. The zero-order valence-corrected chi connectivity index (χ0v) is 13.4. The molecule has 0 aromatic heterocycles. The number of benzene rings is 1. The van der Waals surface area contributed by atoms with Gasteiger partial charge in [-0.25, -0.2) is 0 Å². The van der Waals surface area contributed by atoms with E-state index in [2.05, 4.69) is 62.1 Å². The van der Waals surface area contributed by atoms with Gasteiger partial charge in [-0.2, -0.15) is 11.8 Å². The van der Waals surface area contributed by atoms with Crippen LogP contribution in [0.3, 0.4) is 0 Å². The average molecular weight is 277 g/mol. The molecule has 1 aromatic rings. The molecule has 1 unspecified atom stereocenters. The van der Waals surface area contributed by atoms with Gasteiger partial charge in [0.05, 0.1) is 0 Å². The Morgan fingerprint density at radius 1 is 1.16 bits per heavy atom. The molecule has 0 radical (unpaired) electrons. The fourth-order valence-corrected chi connectivity index (χ4v) is 3.74. The zero-order chi connectivity index (χ0) is 13.7. The van der Waals surface area contributed by atoms with Crippen molar-refractivity contribution in [1.29, 1.82) is 0 Å². The summed E-state index contributed by atoms with van der Waals surface area (Å²) < 4.78 is 0. The molecule has 1 atom stereocenters. The first-order chi connectivity index (χ1) is 9.05. The van der Waals surface area contributed by atoms with Crippen molar-refractivity contribution in [2.75, 3.05) is 12.3 Å². The van der Waals surface area contributed by atoms with E-state index in [0.29, 0.717) is 0 Å². The number of thioether (sulfide) groups is 1. The molecule has 1 saturated heterocycles. The van der Waals surface area contributed by atoms with Crippen LogP contribution < -0.4 is 5.32 Å². The van der Waals surface area contributed by atoms with E-state index in [9.17, 15) is 0 Å². The van der Waals surface area contributed by atoms with Gasteiger partial charge >= 0.3 is 0 Å². The molecule has 1 aliphatic rings. The van der Waals surface area contributed by atoms with Crippen molar-refractivity contribution in [3.8, 4) is 0 Å². The van der Waals surface area contributed by atoms with Gasteiger partial charge in [0.2, 0.25) is 0 Å². The molecule has 1 nitrogen and oxygen atoms in total. The number of hydrogen-bond donors (Lipinski definition) is 1.